The van der Waals surface area contributed by atoms with E-state index in [9.17, 15) is 0 Å². The van der Waals surface area contributed by atoms with Gasteiger partial charge in [-0.2, -0.15) is 0 Å². The second-order valence-corrected chi connectivity index (χ2v) is 5.00. The highest BCUT2D eigenvalue weighted by Crippen LogP contribution is 2.42. The number of hydrogen-bond donors (Lipinski definition) is 2. The first-order chi connectivity index (χ1) is 9.81. The van der Waals surface area contributed by atoms with Crippen molar-refractivity contribution in [3.05, 3.63) is 53.9 Å². The molecule has 0 aliphatic carbocycles. The highest BCUT2D eigenvalue weighted by atomic mass is 16.5. The van der Waals surface area contributed by atoms with Crippen LogP contribution < -0.4 is 15.8 Å². The average Bonchev–Trinajstić information content (AvgIpc) is 2.90. The Hall–Kier alpha value is -2.07. The van der Waals surface area contributed by atoms with Crippen molar-refractivity contribution in [3.8, 4) is 5.75 Å². The molecule has 4 heteroatoms. The van der Waals surface area contributed by atoms with Crippen LogP contribution in [0.4, 0.5) is 5.69 Å². The normalized spacial score (nSPS) is 18.4. The van der Waals surface area contributed by atoms with Gasteiger partial charge in [0.2, 0.25) is 0 Å². The van der Waals surface area contributed by atoms with Gasteiger partial charge in [-0.1, -0.05) is 25.1 Å². The summed E-state index contributed by atoms with van der Waals surface area (Å²) in [6, 6.07) is 10.2. The lowest BCUT2D eigenvalue weighted by Crippen LogP contribution is -2.28. The number of fused-ring (bicyclic) bond motifs is 1. The highest BCUT2D eigenvalue weighted by Gasteiger charge is 2.32. The zero-order chi connectivity index (χ0) is 13.9. The maximum Gasteiger partial charge on any atom is 0.122 e. The molecule has 0 amide bonds. The molecule has 0 radical (unpaired) electrons. The van der Waals surface area contributed by atoms with Gasteiger partial charge in [0.25, 0.3) is 0 Å². The second-order valence-electron chi connectivity index (χ2n) is 5.00. The van der Waals surface area contributed by atoms with Crippen LogP contribution in [0.2, 0.25) is 0 Å². The molecule has 1 aliphatic rings. The molecule has 2 atom stereocenters. The van der Waals surface area contributed by atoms with Crippen molar-refractivity contribution in [3.63, 3.8) is 0 Å². The summed E-state index contributed by atoms with van der Waals surface area (Å²) in [5.74, 6) is 1.24. The quantitative estimate of drug-likeness (QED) is 0.895. The standard InChI is InChI=1S/C16H19N3O/c1-2-19-16(12-9-18-8-7-14(12)17)13-10-20-15-6-4-3-5-11(13)15/h3-9,13,16,19H,2,10H2,1H3,(H2,17,18). The van der Waals surface area contributed by atoms with Gasteiger partial charge >= 0.3 is 0 Å². The van der Waals surface area contributed by atoms with E-state index in [1.165, 1.54) is 5.56 Å². The molecule has 2 unspecified atom stereocenters. The van der Waals surface area contributed by atoms with E-state index in [4.69, 9.17) is 10.5 Å². The molecule has 104 valence electrons. The number of pyridine rings is 1. The van der Waals surface area contributed by atoms with Crippen LogP contribution in [-0.2, 0) is 0 Å². The number of hydrogen-bond acceptors (Lipinski definition) is 4. The monoisotopic (exact) mass is 269 g/mol. The van der Waals surface area contributed by atoms with Crippen molar-refractivity contribution in [1.82, 2.24) is 10.3 Å². The van der Waals surface area contributed by atoms with E-state index in [-0.39, 0.29) is 12.0 Å². The Morgan fingerprint density at radius 3 is 3.05 bits per heavy atom. The molecule has 0 saturated heterocycles. The molecule has 20 heavy (non-hydrogen) atoms. The molecule has 1 aromatic carbocycles. The zero-order valence-electron chi connectivity index (χ0n) is 11.5. The first kappa shape index (κ1) is 12.9. The van der Waals surface area contributed by atoms with Gasteiger partial charge in [-0.25, -0.2) is 0 Å². The Balaban J connectivity index is 1.99. The number of anilines is 1. The minimum Gasteiger partial charge on any atom is -0.493 e. The fourth-order valence-electron chi connectivity index (χ4n) is 2.83. The van der Waals surface area contributed by atoms with Crippen LogP contribution in [0.3, 0.4) is 0 Å². The van der Waals surface area contributed by atoms with Crippen LogP contribution in [0, 0.1) is 0 Å². The number of para-hydroxylation sites is 1. The van der Waals surface area contributed by atoms with Crippen LogP contribution in [0.15, 0.2) is 42.7 Å². The third-order valence-corrected chi connectivity index (χ3v) is 3.79. The number of nitrogens with one attached hydrogen (secondary N) is 1. The van der Waals surface area contributed by atoms with Crippen molar-refractivity contribution >= 4 is 5.69 Å². The number of aromatic nitrogens is 1. The first-order valence-electron chi connectivity index (χ1n) is 6.95. The van der Waals surface area contributed by atoms with Gasteiger partial charge in [0.05, 0.1) is 6.61 Å². The Morgan fingerprint density at radius 2 is 2.25 bits per heavy atom. The summed E-state index contributed by atoms with van der Waals surface area (Å²) in [5.41, 5.74) is 9.17. The Morgan fingerprint density at radius 1 is 1.40 bits per heavy atom. The van der Waals surface area contributed by atoms with Gasteiger partial charge in [0, 0.05) is 41.2 Å². The van der Waals surface area contributed by atoms with Crippen molar-refractivity contribution < 1.29 is 4.74 Å². The number of rotatable bonds is 4. The van der Waals surface area contributed by atoms with Crippen LogP contribution in [0.5, 0.6) is 5.75 Å². The predicted molar refractivity (Wildman–Crippen MR) is 79.7 cm³/mol. The lowest BCUT2D eigenvalue weighted by Gasteiger charge is -2.25. The van der Waals surface area contributed by atoms with Crippen LogP contribution in [-0.4, -0.2) is 18.1 Å². The maximum atomic E-state index is 6.12. The molecule has 0 fully saturated rings. The SMILES string of the molecule is CCNC(c1cnccc1N)C1COc2ccccc21. The minimum absolute atomic E-state index is 0.123. The number of ether oxygens (including phenoxy) is 1. The summed E-state index contributed by atoms with van der Waals surface area (Å²) >= 11 is 0. The lowest BCUT2D eigenvalue weighted by atomic mass is 9.88. The number of nitrogen functional groups attached to an aromatic ring is 1. The van der Waals surface area contributed by atoms with E-state index in [2.05, 4.69) is 29.4 Å². The van der Waals surface area contributed by atoms with Gasteiger partial charge in [-0.05, 0) is 18.7 Å². The smallest absolute Gasteiger partial charge is 0.122 e. The molecule has 0 spiro atoms. The molecule has 0 saturated carbocycles. The third-order valence-electron chi connectivity index (χ3n) is 3.79. The molecule has 1 aliphatic heterocycles. The number of benzene rings is 1. The highest BCUT2D eigenvalue weighted by molar-refractivity contribution is 5.49. The largest absolute Gasteiger partial charge is 0.493 e. The van der Waals surface area contributed by atoms with Crippen LogP contribution >= 0.6 is 0 Å². The molecule has 0 bridgehead atoms. The third kappa shape index (κ3) is 2.23. The lowest BCUT2D eigenvalue weighted by molar-refractivity contribution is 0.301. The molecule has 3 rings (SSSR count). The molecule has 2 heterocycles. The summed E-state index contributed by atoms with van der Waals surface area (Å²) in [7, 11) is 0. The van der Waals surface area contributed by atoms with Crippen molar-refractivity contribution in [2.45, 2.75) is 18.9 Å². The molecule has 1 aromatic heterocycles. The summed E-state index contributed by atoms with van der Waals surface area (Å²) in [6.45, 7) is 3.64. The van der Waals surface area contributed by atoms with E-state index in [1.54, 1.807) is 6.20 Å². The second kappa shape index (κ2) is 5.51. The molecular weight excluding hydrogens is 250 g/mol. The summed E-state index contributed by atoms with van der Waals surface area (Å²) in [6.07, 6.45) is 3.57. The summed E-state index contributed by atoms with van der Waals surface area (Å²) in [4.78, 5) is 4.22. The Bertz CT molecular complexity index is 600. The van der Waals surface area contributed by atoms with E-state index < -0.39 is 0 Å². The van der Waals surface area contributed by atoms with E-state index in [0.29, 0.717) is 6.61 Å². The molecule has 3 N–H and O–H groups in total. The van der Waals surface area contributed by atoms with Gasteiger partial charge in [-0.15, -0.1) is 0 Å². The van der Waals surface area contributed by atoms with Crippen LogP contribution in [0.25, 0.3) is 0 Å². The minimum atomic E-state index is 0.123. The van der Waals surface area contributed by atoms with Crippen LogP contribution in [0.1, 0.15) is 30.0 Å². The average molecular weight is 269 g/mol. The fourth-order valence-corrected chi connectivity index (χ4v) is 2.83. The van der Waals surface area contributed by atoms with Gasteiger partial charge < -0.3 is 15.8 Å². The first-order valence-corrected chi connectivity index (χ1v) is 6.95. The van der Waals surface area contributed by atoms with E-state index >= 15 is 0 Å². The maximum absolute atomic E-state index is 6.12. The van der Waals surface area contributed by atoms with Gasteiger partial charge in [0.1, 0.15) is 5.75 Å². The van der Waals surface area contributed by atoms with Crippen molar-refractivity contribution in [2.24, 2.45) is 0 Å². The summed E-state index contributed by atoms with van der Waals surface area (Å²) in [5, 5.41) is 3.52. The topological polar surface area (TPSA) is 60.2 Å². The number of nitrogens with two attached hydrogens (primary N) is 1. The molecular formula is C16H19N3O. The fraction of sp³-hybridized carbons (Fsp3) is 0.312. The Labute approximate surface area is 119 Å². The molecule has 2 aromatic rings. The van der Waals surface area contributed by atoms with Crippen molar-refractivity contribution in [1.29, 1.82) is 0 Å². The predicted octanol–water partition coefficient (Wildman–Crippen LogP) is 2.49. The number of nitrogens with zero attached hydrogens (tertiary/aromatic N) is 1. The van der Waals surface area contributed by atoms with Gasteiger partial charge in [0.15, 0.2) is 0 Å². The van der Waals surface area contributed by atoms with Crippen molar-refractivity contribution in [2.75, 3.05) is 18.9 Å². The zero-order valence-corrected chi connectivity index (χ0v) is 11.5. The summed E-state index contributed by atoms with van der Waals surface area (Å²) < 4.78 is 5.80. The molecule has 4 nitrogen and oxygen atoms in total. The number of likely N-dealkylation sites (N-methyl/N-ethyl adjacent to an activating group) is 1. The van der Waals surface area contributed by atoms with Gasteiger partial charge in [-0.3, -0.25) is 4.98 Å². The van der Waals surface area contributed by atoms with E-state index in [1.807, 2.05) is 24.4 Å². The Kier molecular flexibility index (Phi) is 3.56. The van der Waals surface area contributed by atoms with E-state index in [0.717, 1.165) is 23.5 Å².